The first-order valence-electron chi connectivity index (χ1n) is 10.4. The van der Waals surface area contributed by atoms with Gasteiger partial charge in [-0.05, 0) is 93.7 Å². The van der Waals surface area contributed by atoms with Gasteiger partial charge >= 0.3 is 0 Å². The van der Waals surface area contributed by atoms with Gasteiger partial charge in [-0.15, -0.1) is 0 Å². The summed E-state index contributed by atoms with van der Waals surface area (Å²) in [6.45, 7) is 2.79. The summed E-state index contributed by atoms with van der Waals surface area (Å²) in [5.74, 6) is 2.61. The highest BCUT2D eigenvalue weighted by Gasteiger charge is 2.31. The molecular formula is C24H33ClO. The molecule has 2 heteroatoms. The van der Waals surface area contributed by atoms with E-state index in [1.165, 1.54) is 56.9 Å². The first-order valence-corrected chi connectivity index (χ1v) is 10.8. The van der Waals surface area contributed by atoms with Crippen LogP contribution < -0.4 is 0 Å². The van der Waals surface area contributed by atoms with Crippen molar-refractivity contribution in [1.29, 1.82) is 0 Å². The molecule has 2 aliphatic rings. The fraction of sp³-hybridized carbons (Fsp3) is 0.583. The minimum Gasteiger partial charge on any atom is -0.374 e. The lowest BCUT2D eigenvalue weighted by Gasteiger charge is -2.38. The van der Waals surface area contributed by atoms with E-state index < -0.39 is 0 Å². The highest BCUT2D eigenvalue weighted by molar-refractivity contribution is 6.30. The summed E-state index contributed by atoms with van der Waals surface area (Å²) in [6, 6.07) is 8.53. The van der Waals surface area contributed by atoms with Crippen LogP contribution in [0.3, 0.4) is 0 Å². The van der Waals surface area contributed by atoms with Crippen molar-refractivity contribution in [3.05, 3.63) is 59.2 Å². The molecule has 0 N–H and O–H groups in total. The monoisotopic (exact) mass is 372 g/mol. The summed E-state index contributed by atoms with van der Waals surface area (Å²) in [4.78, 5) is 0. The average molecular weight is 373 g/mol. The molecule has 0 bridgehead atoms. The average Bonchev–Trinajstić information content (AvgIpc) is 2.69. The number of halogens is 1. The quantitative estimate of drug-likeness (QED) is 0.475. The minimum atomic E-state index is 0.479. The number of hydrogen-bond donors (Lipinski definition) is 0. The third-order valence-electron chi connectivity index (χ3n) is 6.37. The highest BCUT2D eigenvalue weighted by Crippen LogP contribution is 2.43. The lowest BCUT2D eigenvalue weighted by atomic mass is 9.69. The molecule has 0 unspecified atom stereocenters. The molecule has 3 rings (SSSR count). The van der Waals surface area contributed by atoms with Crippen molar-refractivity contribution in [1.82, 2.24) is 0 Å². The Bertz CT molecular complexity index is 573. The molecular weight excluding hydrogens is 340 g/mol. The largest absolute Gasteiger partial charge is 0.374 e. The Morgan fingerprint density at radius 2 is 1.50 bits per heavy atom. The lowest BCUT2D eigenvalue weighted by Crippen LogP contribution is -2.28. The van der Waals surface area contributed by atoms with Gasteiger partial charge < -0.3 is 4.74 Å². The Labute approximate surface area is 164 Å². The number of benzene rings is 1. The lowest BCUT2D eigenvalue weighted by molar-refractivity contribution is 0.0223. The zero-order valence-corrected chi connectivity index (χ0v) is 16.8. The van der Waals surface area contributed by atoms with Gasteiger partial charge in [-0.25, -0.2) is 0 Å². The van der Waals surface area contributed by atoms with Gasteiger partial charge in [-0.2, -0.15) is 0 Å². The number of rotatable bonds is 6. The van der Waals surface area contributed by atoms with Crippen molar-refractivity contribution in [3.63, 3.8) is 0 Å². The Hall–Kier alpha value is -1.05. The van der Waals surface area contributed by atoms with E-state index in [1.807, 2.05) is 25.1 Å². The standard InChI is InChI=1S/C24H33ClO/c1-2-3-4-5-18-26-24-16-12-22(13-17-24)20-8-6-19(7-9-20)21-10-14-23(25)15-11-21/h2-5,10-11,14-15,19-20,22,24H,6-9,12-13,16-18H2,1H3. The first kappa shape index (κ1) is 19.7. The maximum absolute atomic E-state index is 6.02. The fourth-order valence-corrected chi connectivity index (χ4v) is 4.95. The van der Waals surface area contributed by atoms with Crippen LogP contribution in [0.15, 0.2) is 48.6 Å². The van der Waals surface area contributed by atoms with Gasteiger partial charge in [-0.1, -0.05) is 48.0 Å². The predicted octanol–water partition coefficient (Wildman–Crippen LogP) is 7.32. The summed E-state index contributed by atoms with van der Waals surface area (Å²) < 4.78 is 6.02. The van der Waals surface area contributed by atoms with E-state index in [2.05, 4.69) is 30.4 Å². The second-order valence-electron chi connectivity index (χ2n) is 7.99. The summed E-state index contributed by atoms with van der Waals surface area (Å²) >= 11 is 6.02. The molecule has 2 fully saturated rings. The van der Waals surface area contributed by atoms with Gasteiger partial charge in [0.2, 0.25) is 0 Å². The molecule has 0 aliphatic heterocycles. The summed E-state index contributed by atoms with van der Waals surface area (Å²) in [7, 11) is 0. The molecule has 142 valence electrons. The molecule has 1 nitrogen and oxygen atoms in total. The molecule has 1 aromatic carbocycles. The van der Waals surface area contributed by atoms with Crippen LogP contribution >= 0.6 is 11.6 Å². The van der Waals surface area contributed by atoms with E-state index in [0.29, 0.717) is 6.10 Å². The van der Waals surface area contributed by atoms with E-state index >= 15 is 0 Å². The van der Waals surface area contributed by atoms with Gasteiger partial charge in [0, 0.05) is 5.02 Å². The second-order valence-corrected chi connectivity index (χ2v) is 8.42. The first-order chi connectivity index (χ1) is 12.8. The van der Waals surface area contributed by atoms with Crippen molar-refractivity contribution < 1.29 is 4.74 Å². The van der Waals surface area contributed by atoms with Gasteiger partial charge in [0.1, 0.15) is 0 Å². The third kappa shape index (κ3) is 5.72. The summed E-state index contributed by atoms with van der Waals surface area (Å²) in [5.41, 5.74) is 1.48. The van der Waals surface area contributed by atoms with Crippen LogP contribution in [0, 0.1) is 11.8 Å². The molecule has 0 saturated heterocycles. The van der Waals surface area contributed by atoms with E-state index in [4.69, 9.17) is 16.3 Å². The normalized spacial score (nSPS) is 30.2. The Morgan fingerprint density at radius 3 is 2.12 bits per heavy atom. The van der Waals surface area contributed by atoms with E-state index in [-0.39, 0.29) is 0 Å². The van der Waals surface area contributed by atoms with Crippen molar-refractivity contribution in [2.24, 2.45) is 11.8 Å². The summed E-state index contributed by atoms with van der Waals surface area (Å²) in [5, 5.41) is 0.846. The van der Waals surface area contributed by atoms with Crippen LogP contribution in [-0.4, -0.2) is 12.7 Å². The molecule has 2 aliphatic carbocycles. The zero-order chi connectivity index (χ0) is 18.2. The SMILES string of the molecule is CC=CC=CCOC1CCC(C2CCC(c3ccc(Cl)cc3)CC2)CC1. The summed E-state index contributed by atoms with van der Waals surface area (Å²) in [6.07, 6.45) is 19.5. The predicted molar refractivity (Wildman–Crippen MR) is 112 cm³/mol. The molecule has 0 spiro atoms. The topological polar surface area (TPSA) is 9.23 Å². The van der Waals surface area contributed by atoms with Crippen molar-refractivity contribution >= 4 is 11.6 Å². The highest BCUT2D eigenvalue weighted by atomic mass is 35.5. The maximum Gasteiger partial charge on any atom is 0.0654 e. The molecule has 0 atom stereocenters. The van der Waals surface area contributed by atoms with Gasteiger partial charge in [0.15, 0.2) is 0 Å². The molecule has 0 amide bonds. The third-order valence-corrected chi connectivity index (χ3v) is 6.62. The Balaban J connectivity index is 1.37. The van der Waals surface area contributed by atoms with Crippen LogP contribution in [0.5, 0.6) is 0 Å². The molecule has 2 saturated carbocycles. The van der Waals surface area contributed by atoms with Crippen molar-refractivity contribution in [2.75, 3.05) is 6.61 Å². The van der Waals surface area contributed by atoms with Crippen LogP contribution in [0.2, 0.25) is 5.02 Å². The van der Waals surface area contributed by atoms with Crippen molar-refractivity contribution in [2.45, 2.75) is 70.3 Å². The molecule has 0 radical (unpaired) electrons. The van der Waals surface area contributed by atoms with Crippen molar-refractivity contribution in [3.8, 4) is 0 Å². The molecule has 26 heavy (non-hydrogen) atoms. The number of hydrogen-bond acceptors (Lipinski definition) is 1. The van der Waals surface area contributed by atoms with Crippen LogP contribution in [0.4, 0.5) is 0 Å². The fourth-order valence-electron chi connectivity index (χ4n) is 4.82. The smallest absolute Gasteiger partial charge is 0.0654 e. The number of ether oxygens (including phenoxy) is 1. The van der Waals surface area contributed by atoms with E-state index in [0.717, 1.165) is 29.4 Å². The van der Waals surface area contributed by atoms with Crippen LogP contribution in [-0.2, 0) is 4.74 Å². The van der Waals surface area contributed by atoms with Gasteiger partial charge in [-0.3, -0.25) is 0 Å². The molecule has 0 heterocycles. The Kier molecular flexibility index (Phi) is 7.83. The second kappa shape index (κ2) is 10.3. The number of allylic oxidation sites excluding steroid dienone is 3. The van der Waals surface area contributed by atoms with E-state index in [9.17, 15) is 0 Å². The minimum absolute atomic E-state index is 0.479. The van der Waals surface area contributed by atoms with Crippen LogP contribution in [0.1, 0.15) is 69.8 Å². The maximum atomic E-state index is 6.02. The zero-order valence-electron chi connectivity index (χ0n) is 16.1. The van der Waals surface area contributed by atoms with Gasteiger partial charge in [0.05, 0.1) is 12.7 Å². The van der Waals surface area contributed by atoms with Gasteiger partial charge in [0.25, 0.3) is 0 Å². The van der Waals surface area contributed by atoms with E-state index in [1.54, 1.807) is 0 Å². The molecule has 0 aromatic heterocycles. The Morgan fingerprint density at radius 1 is 0.885 bits per heavy atom. The molecule has 1 aromatic rings. The van der Waals surface area contributed by atoms with Crippen LogP contribution in [0.25, 0.3) is 0 Å².